The highest BCUT2D eigenvalue weighted by Gasteiger charge is 2.26. The van der Waals surface area contributed by atoms with Gasteiger partial charge in [0.1, 0.15) is 5.75 Å². The Morgan fingerprint density at radius 1 is 0.971 bits per heavy atom. The van der Waals surface area contributed by atoms with Gasteiger partial charge in [-0.1, -0.05) is 12.1 Å². The monoisotopic (exact) mass is 463 g/mol. The van der Waals surface area contributed by atoms with Crippen LogP contribution in [-0.2, 0) is 11.2 Å². The van der Waals surface area contributed by atoms with Crippen LogP contribution in [0.4, 0.5) is 5.69 Å². The zero-order chi connectivity index (χ0) is 24.1. The summed E-state index contributed by atoms with van der Waals surface area (Å²) in [6, 6.07) is 15.2. The van der Waals surface area contributed by atoms with Crippen molar-refractivity contribution in [1.82, 2.24) is 19.6 Å². The molecule has 1 aromatic heterocycles. The van der Waals surface area contributed by atoms with Crippen molar-refractivity contribution in [2.75, 3.05) is 33.3 Å². The molecule has 10 heteroatoms. The van der Waals surface area contributed by atoms with Gasteiger partial charge in [-0.15, -0.1) is 0 Å². The van der Waals surface area contributed by atoms with Crippen LogP contribution < -0.4 is 4.74 Å². The van der Waals surface area contributed by atoms with Crippen LogP contribution >= 0.6 is 0 Å². The highest BCUT2D eigenvalue weighted by molar-refractivity contribution is 5.92. The molecule has 1 fully saturated rings. The van der Waals surface area contributed by atoms with Crippen molar-refractivity contribution in [2.45, 2.75) is 12.8 Å². The molecule has 0 spiro atoms. The number of nitro benzene ring substituents is 1. The maximum atomic E-state index is 12.9. The first-order valence-corrected chi connectivity index (χ1v) is 10.9. The molecule has 0 radical (unpaired) electrons. The summed E-state index contributed by atoms with van der Waals surface area (Å²) in [7, 11) is 1.62. The lowest BCUT2D eigenvalue weighted by Crippen LogP contribution is -2.50. The maximum absolute atomic E-state index is 12.9. The van der Waals surface area contributed by atoms with Crippen molar-refractivity contribution in [3.05, 3.63) is 82.2 Å². The first kappa shape index (κ1) is 23.0. The summed E-state index contributed by atoms with van der Waals surface area (Å²) in [6.07, 6.45) is 2.72. The summed E-state index contributed by atoms with van der Waals surface area (Å²) < 4.78 is 6.66. The Kier molecular flexibility index (Phi) is 6.86. The number of aryl methyl sites for hydroxylation is 1. The van der Waals surface area contributed by atoms with Crippen molar-refractivity contribution in [1.29, 1.82) is 0 Å². The number of aromatic nitrogens is 2. The molecule has 4 rings (SSSR count). The molecule has 0 bridgehead atoms. The van der Waals surface area contributed by atoms with E-state index in [1.165, 1.54) is 16.8 Å². The fourth-order valence-electron chi connectivity index (χ4n) is 3.83. The van der Waals surface area contributed by atoms with Crippen LogP contribution in [-0.4, -0.2) is 69.6 Å². The Morgan fingerprint density at radius 2 is 1.62 bits per heavy atom. The van der Waals surface area contributed by atoms with Crippen LogP contribution in [0.25, 0.3) is 5.69 Å². The number of piperazine rings is 1. The van der Waals surface area contributed by atoms with Crippen LogP contribution in [0.3, 0.4) is 0 Å². The molecule has 1 aliphatic heterocycles. The summed E-state index contributed by atoms with van der Waals surface area (Å²) in [5.74, 6) is 0.657. The second-order valence-corrected chi connectivity index (χ2v) is 7.94. The molecule has 0 saturated carbocycles. The van der Waals surface area contributed by atoms with E-state index in [9.17, 15) is 19.7 Å². The largest absolute Gasteiger partial charge is 0.497 e. The van der Waals surface area contributed by atoms with Crippen LogP contribution in [0.15, 0.2) is 60.8 Å². The molecule has 3 aromatic rings. The topological polar surface area (TPSA) is 111 Å². The van der Waals surface area contributed by atoms with Gasteiger partial charge in [0.15, 0.2) is 5.69 Å². The third kappa shape index (κ3) is 5.22. The van der Waals surface area contributed by atoms with Gasteiger partial charge in [-0.25, -0.2) is 4.68 Å². The molecule has 34 heavy (non-hydrogen) atoms. The van der Waals surface area contributed by atoms with Gasteiger partial charge in [-0.05, 0) is 42.3 Å². The molecular formula is C24H25N5O5. The Bertz CT molecular complexity index is 1170. The standard InChI is InChI=1S/C24H25N5O5/c1-34-21-9-2-18(3-10-21)4-11-23(30)26-14-16-27(17-15-26)24(31)22-12-13-28(25-22)19-5-7-20(8-6-19)29(32)33/h2-3,5-10,12-13H,4,11,14-17H2,1H3. The minimum atomic E-state index is -0.467. The van der Waals surface area contributed by atoms with Crippen LogP contribution in [0.2, 0.25) is 0 Å². The summed E-state index contributed by atoms with van der Waals surface area (Å²) in [5, 5.41) is 15.1. The number of hydrogen-bond acceptors (Lipinski definition) is 6. The lowest BCUT2D eigenvalue weighted by atomic mass is 10.1. The second kappa shape index (κ2) is 10.2. The van der Waals surface area contributed by atoms with Gasteiger partial charge >= 0.3 is 0 Å². The van der Waals surface area contributed by atoms with E-state index in [0.29, 0.717) is 44.7 Å². The molecule has 2 heterocycles. The van der Waals surface area contributed by atoms with Crippen LogP contribution in [0.1, 0.15) is 22.5 Å². The third-order valence-corrected chi connectivity index (χ3v) is 5.84. The molecule has 0 N–H and O–H groups in total. The second-order valence-electron chi connectivity index (χ2n) is 7.94. The number of rotatable bonds is 7. The zero-order valence-electron chi connectivity index (χ0n) is 18.8. The predicted octanol–water partition coefficient (Wildman–Crippen LogP) is 2.71. The van der Waals surface area contributed by atoms with E-state index in [1.54, 1.807) is 41.3 Å². The highest BCUT2D eigenvalue weighted by Crippen LogP contribution is 2.17. The Morgan fingerprint density at radius 3 is 2.24 bits per heavy atom. The van der Waals surface area contributed by atoms with E-state index in [1.807, 2.05) is 24.3 Å². The summed E-state index contributed by atoms with van der Waals surface area (Å²) in [6.45, 7) is 1.85. The average molecular weight is 463 g/mol. The molecule has 1 aliphatic rings. The number of non-ortho nitro benzene ring substituents is 1. The molecule has 0 atom stereocenters. The number of hydrogen-bond donors (Lipinski definition) is 0. The summed E-state index contributed by atoms with van der Waals surface area (Å²) in [4.78, 5) is 39.3. The van der Waals surface area contributed by atoms with Crippen LogP contribution in [0, 0.1) is 10.1 Å². The number of ether oxygens (including phenoxy) is 1. The number of methoxy groups -OCH3 is 1. The van der Waals surface area contributed by atoms with E-state index in [2.05, 4.69) is 5.10 Å². The van der Waals surface area contributed by atoms with Crippen LogP contribution in [0.5, 0.6) is 5.75 Å². The molecule has 2 amide bonds. The highest BCUT2D eigenvalue weighted by atomic mass is 16.6. The molecule has 0 unspecified atom stereocenters. The fraction of sp³-hybridized carbons (Fsp3) is 0.292. The van der Waals surface area contributed by atoms with E-state index in [-0.39, 0.29) is 23.2 Å². The summed E-state index contributed by atoms with van der Waals surface area (Å²) in [5.41, 5.74) is 1.98. The molecule has 176 valence electrons. The van der Waals surface area contributed by atoms with Gasteiger partial charge in [-0.3, -0.25) is 19.7 Å². The number of carbonyl (C=O) groups is 2. The zero-order valence-corrected chi connectivity index (χ0v) is 18.8. The van der Waals surface area contributed by atoms with E-state index in [0.717, 1.165) is 11.3 Å². The quantitative estimate of drug-likeness (QED) is 0.394. The fourth-order valence-corrected chi connectivity index (χ4v) is 3.83. The van der Waals surface area contributed by atoms with Crippen molar-refractivity contribution in [2.24, 2.45) is 0 Å². The average Bonchev–Trinajstić information content (AvgIpc) is 3.37. The first-order valence-electron chi connectivity index (χ1n) is 10.9. The molecule has 1 saturated heterocycles. The van der Waals surface area contributed by atoms with E-state index >= 15 is 0 Å². The van der Waals surface area contributed by atoms with E-state index in [4.69, 9.17) is 4.74 Å². The van der Waals surface area contributed by atoms with Crippen molar-refractivity contribution in [3.8, 4) is 11.4 Å². The number of carbonyl (C=O) groups excluding carboxylic acids is 2. The Hall–Kier alpha value is -4.21. The predicted molar refractivity (Wildman–Crippen MR) is 124 cm³/mol. The number of amides is 2. The Labute approximate surface area is 196 Å². The normalized spacial score (nSPS) is 13.6. The van der Waals surface area contributed by atoms with Gasteiger partial charge < -0.3 is 14.5 Å². The SMILES string of the molecule is COc1ccc(CCC(=O)N2CCN(C(=O)c3ccn(-c4ccc([N+](=O)[O-])cc4)n3)CC2)cc1. The van der Waals surface area contributed by atoms with Gasteiger partial charge in [0.2, 0.25) is 5.91 Å². The van der Waals surface area contributed by atoms with Gasteiger partial charge in [0.25, 0.3) is 11.6 Å². The number of nitro groups is 1. The molecule has 0 aliphatic carbocycles. The summed E-state index contributed by atoms with van der Waals surface area (Å²) >= 11 is 0. The van der Waals surface area contributed by atoms with Gasteiger partial charge in [-0.2, -0.15) is 5.10 Å². The van der Waals surface area contributed by atoms with Gasteiger partial charge in [0, 0.05) is 50.9 Å². The Balaban J connectivity index is 1.28. The van der Waals surface area contributed by atoms with Crippen molar-refractivity contribution in [3.63, 3.8) is 0 Å². The third-order valence-electron chi connectivity index (χ3n) is 5.84. The molecular weight excluding hydrogens is 438 g/mol. The minimum absolute atomic E-state index is 0.0105. The lowest BCUT2D eigenvalue weighted by molar-refractivity contribution is -0.384. The van der Waals surface area contributed by atoms with Crippen molar-refractivity contribution < 1.29 is 19.2 Å². The first-order chi connectivity index (χ1) is 16.4. The van der Waals surface area contributed by atoms with Gasteiger partial charge in [0.05, 0.1) is 17.7 Å². The molecule has 10 nitrogen and oxygen atoms in total. The lowest BCUT2D eigenvalue weighted by Gasteiger charge is -2.34. The van der Waals surface area contributed by atoms with E-state index < -0.39 is 4.92 Å². The number of nitrogens with zero attached hydrogens (tertiary/aromatic N) is 5. The van der Waals surface area contributed by atoms with Crippen molar-refractivity contribution >= 4 is 17.5 Å². The molecule has 2 aromatic carbocycles. The maximum Gasteiger partial charge on any atom is 0.274 e. The number of benzene rings is 2. The minimum Gasteiger partial charge on any atom is -0.497 e. The smallest absolute Gasteiger partial charge is 0.274 e.